The maximum Gasteiger partial charge on any atom is 0.306 e. The molecule has 1 aromatic heterocycles. The second kappa shape index (κ2) is 6.01. The minimum absolute atomic E-state index is 0.0136. The van der Waals surface area contributed by atoms with Crippen LogP contribution in [-0.2, 0) is 14.8 Å². The molecular formula is C9H14N4O5S2. The van der Waals surface area contributed by atoms with E-state index < -0.39 is 14.9 Å². The van der Waals surface area contributed by atoms with Crippen LogP contribution in [0.2, 0.25) is 0 Å². The predicted molar refractivity (Wildman–Crippen MR) is 73.0 cm³/mol. The lowest BCUT2D eigenvalue weighted by Gasteiger charge is -2.17. The van der Waals surface area contributed by atoms with Crippen molar-refractivity contribution < 1.29 is 18.1 Å². The molecule has 0 aliphatic carbocycles. The molecule has 0 aromatic carbocycles. The molecule has 1 fully saturated rings. The van der Waals surface area contributed by atoms with Crippen molar-refractivity contribution in [2.45, 2.75) is 10.6 Å². The van der Waals surface area contributed by atoms with Gasteiger partial charge in [0.1, 0.15) is 4.21 Å². The number of anilines is 1. The van der Waals surface area contributed by atoms with Crippen LogP contribution in [0.25, 0.3) is 0 Å². The third kappa shape index (κ3) is 2.91. The van der Waals surface area contributed by atoms with E-state index in [9.17, 15) is 18.5 Å². The molecule has 1 aliphatic heterocycles. The summed E-state index contributed by atoms with van der Waals surface area (Å²) in [4.78, 5) is 10.2. The van der Waals surface area contributed by atoms with Crippen LogP contribution in [0.4, 0.5) is 10.7 Å². The first-order valence-electron chi connectivity index (χ1n) is 5.79. The van der Waals surface area contributed by atoms with Gasteiger partial charge in [0.2, 0.25) is 0 Å². The molecular weight excluding hydrogens is 308 g/mol. The molecule has 0 bridgehead atoms. The smallest absolute Gasteiger partial charge is 0.306 e. The third-order valence-electron chi connectivity index (χ3n) is 2.79. The first-order valence-corrected chi connectivity index (χ1v) is 8.05. The minimum Gasteiger partial charge on any atom is -0.380 e. The van der Waals surface area contributed by atoms with Gasteiger partial charge in [-0.2, -0.15) is 4.31 Å². The Bertz CT molecular complexity index is 591. The fourth-order valence-electron chi connectivity index (χ4n) is 1.82. The number of sulfonamides is 1. The largest absolute Gasteiger partial charge is 0.380 e. The summed E-state index contributed by atoms with van der Waals surface area (Å²) in [5.74, 6) is 5.18. The van der Waals surface area contributed by atoms with Crippen molar-refractivity contribution in [2.75, 3.05) is 31.7 Å². The van der Waals surface area contributed by atoms with Gasteiger partial charge in [0.05, 0.1) is 11.5 Å². The van der Waals surface area contributed by atoms with Gasteiger partial charge in [-0.15, -0.1) is 0 Å². The van der Waals surface area contributed by atoms with Crippen LogP contribution in [0.1, 0.15) is 6.42 Å². The van der Waals surface area contributed by atoms with Gasteiger partial charge < -0.3 is 10.2 Å². The van der Waals surface area contributed by atoms with E-state index in [0.29, 0.717) is 26.2 Å². The van der Waals surface area contributed by atoms with Gasteiger partial charge in [0.25, 0.3) is 10.0 Å². The number of ether oxygens (including phenoxy) is 1. The topological polar surface area (TPSA) is 128 Å². The molecule has 2 heterocycles. The van der Waals surface area contributed by atoms with Gasteiger partial charge in [-0.25, -0.2) is 14.3 Å². The number of nitrogens with two attached hydrogens (primary N) is 1. The number of hydrogen-bond donors (Lipinski definition) is 2. The van der Waals surface area contributed by atoms with E-state index >= 15 is 0 Å². The summed E-state index contributed by atoms with van der Waals surface area (Å²) in [6.07, 6.45) is 0.592. The van der Waals surface area contributed by atoms with E-state index in [1.54, 1.807) is 0 Å². The molecule has 2 rings (SSSR count). The highest BCUT2D eigenvalue weighted by Gasteiger charge is 2.31. The fourth-order valence-corrected chi connectivity index (χ4v) is 4.67. The van der Waals surface area contributed by atoms with Crippen LogP contribution in [0.5, 0.6) is 0 Å². The zero-order chi connectivity index (χ0) is 14.8. The van der Waals surface area contributed by atoms with E-state index in [0.717, 1.165) is 17.4 Å². The normalized spacial score (nSPS) is 17.6. The molecule has 0 saturated carbocycles. The number of nitro groups is 1. The van der Waals surface area contributed by atoms with Crippen molar-refractivity contribution in [3.8, 4) is 0 Å². The number of hydrazine groups is 1. The standard InChI is InChI=1S/C9H14N4O5S2/c10-11-9-7(13(14)15)6-8(19-9)20(16,17)12-2-1-4-18-5-3-12/h6,11H,1-5,10H2. The molecule has 0 unspecified atom stereocenters. The van der Waals surface area contributed by atoms with Gasteiger partial charge >= 0.3 is 5.69 Å². The van der Waals surface area contributed by atoms with Crippen molar-refractivity contribution in [3.63, 3.8) is 0 Å². The summed E-state index contributed by atoms with van der Waals surface area (Å²) in [6.45, 7) is 1.39. The van der Waals surface area contributed by atoms with Gasteiger partial charge in [-0.3, -0.25) is 10.1 Å². The van der Waals surface area contributed by atoms with Crippen LogP contribution in [0.15, 0.2) is 10.3 Å². The summed E-state index contributed by atoms with van der Waals surface area (Å²) in [5, 5.41) is 10.9. The number of nitrogens with one attached hydrogen (secondary N) is 1. The lowest BCUT2D eigenvalue weighted by atomic mass is 10.5. The van der Waals surface area contributed by atoms with Crippen molar-refractivity contribution in [1.29, 1.82) is 0 Å². The van der Waals surface area contributed by atoms with E-state index in [1.165, 1.54) is 4.31 Å². The summed E-state index contributed by atoms with van der Waals surface area (Å²) in [6, 6.07) is 1.03. The maximum absolute atomic E-state index is 12.4. The molecule has 11 heteroatoms. The highest BCUT2D eigenvalue weighted by molar-refractivity contribution is 7.91. The quantitative estimate of drug-likeness (QED) is 0.465. The Kier molecular flexibility index (Phi) is 4.55. The lowest BCUT2D eigenvalue weighted by molar-refractivity contribution is -0.383. The van der Waals surface area contributed by atoms with Gasteiger partial charge in [-0.05, 0) is 6.42 Å². The first kappa shape index (κ1) is 15.1. The Morgan fingerprint density at radius 1 is 1.45 bits per heavy atom. The van der Waals surface area contributed by atoms with Crippen LogP contribution < -0.4 is 11.3 Å². The Hall–Kier alpha value is -1.27. The average molecular weight is 322 g/mol. The number of nitrogens with zero attached hydrogens (tertiary/aromatic N) is 2. The van der Waals surface area contributed by atoms with Crippen molar-refractivity contribution >= 4 is 32.0 Å². The zero-order valence-electron chi connectivity index (χ0n) is 10.4. The Balaban J connectivity index is 2.35. The molecule has 20 heavy (non-hydrogen) atoms. The molecule has 1 aliphatic rings. The summed E-state index contributed by atoms with van der Waals surface area (Å²) >= 11 is 0.747. The molecule has 0 spiro atoms. The van der Waals surface area contributed by atoms with E-state index in [4.69, 9.17) is 10.6 Å². The van der Waals surface area contributed by atoms with Crippen LogP contribution in [-0.4, -0.2) is 43.9 Å². The van der Waals surface area contributed by atoms with Gasteiger partial charge in [0.15, 0.2) is 5.00 Å². The highest BCUT2D eigenvalue weighted by atomic mass is 32.2. The van der Waals surface area contributed by atoms with Crippen LogP contribution >= 0.6 is 11.3 Å². The molecule has 9 nitrogen and oxygen atoms in total. The minimum atomic E-state index is -3.76. The van der Waals surface area contributed by atoms with Gasteiger partial charge in [0, 0.05) is 25.8 Å². The second-order valence-electron chi connectivity index (χ2n) is 4.05. The third-order valence-corrected chi connectivity index (χ3v) is 6.20. The van der Waals surface area contributed by atoms with Gasteiger partial charge in [-0.1, -0.05) is 11.3 Å². The number of rotatable bonds is 4. The Morgan fingerprint density at radius 3 is 2.80 bits per heavy atom. The average Bonchev–Trinajstić information content (AvgIpc) is 2.66. The molecule has 0 amide bonds. The van der Waals surface area contributed by atoms with Crippen LogP contribution in [0.3, 0.4) is 0 Å². The predicted octanol–water partition coefficient (Wildman–Crippen LogP) is 0.353. The molecule has 1 saturated heterocycles. The summed E-state index contributed by atoms with van der Waals surface area (Å²) in [5.41, 5.74) is 1.81. The molecule has 112 valence electrons. The van der Waals surface area contributed by atoms with Crippen molar-refractivity contribution in [1.82, 2.24) is 4.31 Å². The van der Waals surface area contributed by atoms with E-state index in [1.807, 2.05) is 0 Å². The molecule has 0 radical (unpaired) electrons. The molecule has 1 aromatic rings. The maximum atomic E-state index is 12.4. The number of nitrogen functional groups attached to an aromatic ring is 1. The lowest BCUT2D eigenvalue weighted by Crippen LogP contribution is -2.32. The Labute approximate surface area is 119 Å². The number of hydrogen-bond acceptors (Lipinski definition) is 8. The highest BCUT2D eigenvalue weighted by Crippen LogP contribution is 2.37. The molecule has 0 atom stereocenters. The summed E-state index contributed by atoms with van der Waals surface area (Å²) < 4.78 is 31.2. The van der Waals surface area contributed by atoms with Crippen molar-refractivity contribution in [3.05, 3.63) is 16.2 Å². The van der Waals surface area contributed by atoms with Crippen LogP contribution in [0, 0.1) is 10.1 Å². The Morgan fingerprint density at radius 2 is 2.20 bits per heavy atom. The second-order valence-corrected chi connectivity index (χ2v) is 7.27. The monoisotopic (exact) mass is 322 g/mol. The molecule has 3 N–H and O–H groups in total. The zero-order valence-corrected chi connectivity index (χ0v) is 12.1. The number of thiophene rings is 1. The van der Waals surface area contributed by atoms with E-state index in [-0.39, 0.29) is 21.4 Å². The summed E-state index contributed by atoms with van der Waals surface area (Å²) in [7, 11) is -3.76. The fraction of sp³-hybridized carbons (Fsp3) is 0.556. The van der Waals surface area contributed by atoms with Crippen molar-refractivity contribution in [2.24, 2.45) is 5.84 Å². The SMILES string of the molecule is NNc1sc(S(=O)(=O)N2CCCOCC2)cc1[N+](=O)[O-]. The van der Waals surface area contributed by atoms with E-state index in [2.05, 4.69) is 5.43 Å². The first-order chi connectivity index (χ1) is 9.46.